The molecule has 10 aromatic rings. The van der Waals surface area contributed by atoms with Crippen molar-refractivity contribution in [1.29, 1.82) is 0 Å². The highest BCUT2D eigenvalue weighted by molar-refractivity contribution is 6.09. The summed E-state index contributed by atoms with van der Waals surface area (Å²) in [5.41, 5.74) is 13.6. The van der Waals surface area contributed by atoms with Crippen molar-refractivity contribution < 1.29 is 8.83 Å². The van der Waals surface area contributed by atoms with Gasteiger partial charge in [-0.1, -0.05) is 103 Å². The van der Waals surface area contributed by atoms with Gasteiger partial charge in [0.25, 0.3) is 0 Å². The van der Waals surface area contributed by atoms with Crippen molar-refractivity contribution in [3.05, 3.63) is 175 Å². The summed E-state index contributed by atoms with van der Waals surface area (Å²) in [6.07, 6.45) is 8.47. The van der Waals surface area contributed by atoms with Crippen molar-refractivity contribution >= 4 is 71.7 Å². The van der Waals surface area contributed by atoms with Crippen LogP contribution in [-0.2, 0) is 5.41 Å². The smallest absolute Gasteiger partial charge is 0.137 e. The molecule has 4 saturated carbocycles. The number of nitrogens with zero attached hydrogens (tertiary/aromatic N) is 1. The summed E-state index contributed by atoms with van der Waals surface area (Å²) in [5.74, 6) is 2.75. The third-order valence-electron chi connectivity index (χ3n) is 14.4. The van der Waals surface area contributed by atoms with Crippen LogP contribution in [0, 0.1) is 17.8 Å². The zero-order valence-electron chi connectivity index (χ0n) is 32.9. The number of hydrogen-bond donors (Lipinski definition) is 0. The average Bonchev–Trinajstić information content (AvgIpc) is 3.84. The molecular formula is C56H43NO2. The summed E-state index contributed by atoms with van der Waals surface area (Å²) < 4.78 is 13.0. The van der Waals surface area contributed by atoms with Crippen LogP contribution in [-0.4, -0.2) is 0 Å². The van der Waals surface area contributed by atoms with Crippen molar-refractivity contribution in [1.82, 2.24) is 0 Å². The normalized spacial score (nSPS) is 21.1. The van der Waals surface area contributed by atoms with Gasteiger partial charge < -0.3 is 13.7 Å². The molecule has 59 heavy (non-hydrogen) atoms. The van der Waals surface area contributed by atoms with Crippen LogP contribution in [0.2, 0.25) is 0 Å². The van der Waals surface area contributed by atoms with Crippen LogP contribution in [0.1, 0.15) is 44.1 Å². The second kappa shape index (κ2) is 12.7. The number of furan rings is 2. The van der Waals surface area contributed by atoms with Gasteiger partial charge in [0.2, 0.25) is 0 Å². The Morgan fingerprint density at radius 3 is 1.71 bits per heavy atom. The van der Waals surface area contributed by atoms with Crippen LogP contribution in [0.3, 0.4) is 0 Å². The summed E-state index contributed by atoms with van der Waals surface area (Å²) in [4.78, 5) is 2.36. The molecule has 4 bridgehead atoms. The van der Waals surface area contributed by atoms with Gasteiger partial charge in [0.05, 0.1) is 0 Å². The van der Waals surface area contributed by atoms with Gasteiger partial charge in [-0.25, -0.2) is 0 Å². The van der Waals surface area contributed by atoms with Gasteiger partial charge in [0, 0.05) is 44.7 Å². The highest BCUT2D eigenvalue weighted by atomic mass is 16.3. The summed E-state index contributed by atoms with van der Waals surface area (Å²) in [7, 11) is 0. The first kappa shape index (κ1) is 33.4. The molecule has 3 heteroatoms. The molecule has 0 radical (unpaired) electrons. The van der Waals surface area contributed by atoms with E-state index in [4.69, 9.17) is 8.83 Å². The third-order valence-corrected chi connectivity index (χ3v) is 14.4. The standard InChI is InChI=1S/C56H43NO2/c1-2-8-38(9-3-1)45-13-6-10-40-11-7-14-46(55(40)45)39-16-19-42(20-17-39)57(43-22-25-53-50(30-43)47-12-4-5-15-51(47)58-53)44-21-23-48-49-29-41(18-24-52(49)59-54(48)31-44)56-32-35-26-36(33-56)28-37(27-35)34-56/h1-25,29-31,35-37H,26-28,32-34H2. The predicted octanol–water partition coefficient (Wildman–Crippen LogP) is 15.9. The van der Waals surface area contributed by atoms with Crippen molar-refractivity contribution in [2.45, 2.75) is 43.9 Å². The maximum Gasteiger partial charge on any atom is 0.137 e. The zero-order valence-corrected chi connectivity index (χ0v) is 32.9. The molecule has 284 valence electrons. The molecule has 0 saturated heterocycles. The zero-order chi connectivity index (χ0) is 38.7. The van der Waals surface area contributed by atoms with Gasteiger partial charge >= 0.3 is 0 Å². The Morgan fingerprint density at radius 2 is 0.966 bits per heavy atom. The lowest BCUT2D eigenvalue weighted by atomic mass is 9.48. The summed E-state index contributed by atoms with van der Waals surface area (Å²) in [6, 6.07) is 61.9. The van der Waals surface area contributed by atoms with Gasteiger partial charge in [-0.3, -0.25) is 0 Å². The van der Waals surface area contributed by atoms with Crippen LogP contribution in [0.25, 0.3) is 76.9 Å². The van der Waals surface area contributed by atoms with Crippen molar-refractivity contribution in [2.24, 2.45) is 17.8 Å². The lowest BCUT2D eigenvalue weighted by Crippen LogP contribution is -2.48. The monoisotopic (exact) mass is 761 g/mol. The van der Waals surface area contributed by atoms with E-state index in [1.807, 2.05) is 12.1 Å². The summed E-state index contributed by atoms with van der Waals surface area (Å²) in [5, 5.41) is 7.15. The Kier molecular flexibility index (Phi) is 7.19. The second-order valence-corrected chi connectivity index (χ2v) is 17.9. The number of anilines is 3. The van der Waals surface area contributed by atoms with Crippen LogP contribution in [0.15, 0.2) is 179 Å². The molecule has 2 heterocycles. The molecule has 4 fully saturated rings. The highest BCUT2D eigenvalue weighted by Gasteiger charge is 2.51. The number of rotatable bonds is 6. The van der Waals surface area contributed by atoms with E-state index in [-0.39, 0.29) is 0 Å². The maximum absolute atomic E-state index is 6.73. The molecular weight excluding hydrogens is 719 g/mol. The molecule has 0 N–H and O–H groups in total. The van der Waals surface area contributed by atoms with E-state index in [1.165, 1.54) is 82.3 Å². The number of hydrogen-bond acceptors (Lipinski definition) is 3. The highest BCUT2D eigenvalue weighted by Crippen LogP contribution is 2.61. The molecule has 3 nitrogen and oxygen atoms in total. The van der Waals surface area contributed by atoms with Gasteiger partial charge in [-0.2, -0.15) is 0 Å². The third kappa shape index (κ3) is 5.27. The van der Waals surface area contributed by atoms with Crippen molar-refractivity contribution in [3.63, 3.8) is 0 Å². The van der Waals surface area contributed by atoms with E-state index in [9.17, 15) is 0 Å². The Morgan fingerprint density at radius 1 is 0.407 bits per heavy atom. The van der Waals surface area contributed by atoms with Crippen molar-refractivity contribution in [3.8, 4) is 22.3 Å². The molecule has 4 aliphatic carbocycles. The van der Waals surface area contributed by atoms with Crippen LogP contribution >= 0.6 is 0 Å². The van der Waals surface area contributed by atoms with Gasteiger partial charge in [0.1, 0.15) is 22.3 Å². The van der Waals surface area contributed by atoms with E-state index in [0.717, 1.165) is 67.9 Å². The van der Waals surface area contributed by atoms with Crippen LogP contribution in [0.4, 0.5) is 17.1 Å². The van der Waals surface area contributed by atoms with Gasteiger partial charge in [-0.05, 0) is 161 Å². The van der Waals surface area contributed by atoms with E-state index < -0.39 is 0 Å². The Labute approximate surface area is 343 Å². The van der Waals surface area contributed by atoms with Crippen molar-refractivity contribution in [2.75, 3.05) is 4.90 Å². The molecule has 14 rings (SSSR count). The van der Waals surface area contributed by atoms with Gasteiger partial charge in [0.15, 0.2) is 0 Å². The molecule has 0 atom stereocenters. The van der Waals surface area contributed by atoms with Crippen LogP contribution < -0.4 is 4.90 Å². The fraction of sp³-hybridized carbons (Fsp3) is 0.179. The SMILES string of the molecule is c1ccc(-c2cccc3cccc(-c4ccc(N(c5ccc6c(c5)oc5ccc(C78CC9CC(CC(C9)C7)C8)cc56)c5ccc6oc7ccccc7c6c5)cc4)c23)cc1. The molecule has 0 amide bonds. The number of para-hydroxylation sites is 1. The quantitative estimate of drug-likeness (QED) is 0.169. The second-order valence-electron chi connectivity index (χ2n) is 17.9. The number of fused-ring (bicyclic) bond motifs is 7. The fourth-order valence-corrected chi connectivity index (χ4v) is 12.2. The lowest BCUT2D eigenvalue weighted by molar-refractivity contribution is -0.00513. The lowest BCUT2D eigenvalue weighted by Gasteiger charge is -2.57. The van der Waals surface area contributed by atoms with E-state index in [1.54, 1.807) is 5.56 Å². The minimum absolute atomic E-state index is 0.348. The maximum atomic E-state index is 6.73. The molecule has 2 aromatic heterocycles. The molecule has 0 unspecified atom stereocenters. The molecule has 0 aliphatic heterocycles. The average molecular weight is 762 g/mol. The molecule has 4 aliphatic rings. The van der Waals surface area contributed by atoms with E-state index >= 15 is 0 Å². The largest absolute Gasteiger partial charge is 0.456 e. The summed E-state index contributed by atoms with van der Waals surface area (Å²) >= 11 is 0. The first-order valence-electron chi connectivity index (χ1n) is 21.5. The topological polar surface area (TPSA) is 29.5 Å². The number of benzene rings is 8. The minimum atomic E-state index is 0.348. The Hall–Kier alpha value is -6.58. The van der Waals surface area contributed by atoms with Crippen LogP contribution in [0.5, 0.6) is 0 Å². The first-order valence-corrected chi connectivity index (χ1v) is 21.5. The summed E-state index contributed by atoms with van der Waals surface area (Å²) in [6.45, 7) is 0. The molecule has 8 aromatic carbocycles. The first-order chi connectivity index (χ1) is 29.1. The molecule has 0 spiro atoms. The predicted molar refractivity (Wildman–Crippen MR) is 244 cm³/mol. The minimum Gasteiger partial charge on any atom is -0.456 e. The Bertz CT molecular complexity index is 3220. The van der Waals surface area contributed by atoms with E-state index in [0.29, 0.717) is 5.41 Å². The van der Waals surface area contributed by atoms with E-state index in [2.05, 4.69) is 163 Å². The van der Waals surface area contributed by atoms with Gasteiger partial charge in [-0.15, -0.1) is 0 Å². The fourth-order valence-electron chi connectivity index (χ4n) is 12.2. The Balaban J connectivity index is 0.939.